The molecule has 0 saturated heterocycles. The maximum Gasteiger partial charge on any atom is 0.229 e. The van der Waals surface area contributed by atoms with Crippen molar-refractivity contribution in [2.24, 2.45) is 5.73 Å². The van der Waals surface area contributed by atoms with E-state index in [1.54, 1.807) is 23.1 Å². The number of nitrogens with two attached hydrogens (primary N) is 1. The monoisotopic (exact) mass is 280 g/mol. The topological polar surface area (TPSA) is 55.0 Å². The van der Waals surface area contributed by atoms with Crippen molar-refractivity contribution in [3.63, 3.8) is 0 Å². The van der Waals surface area contributed by atoms with E-state index in [4.69, 9.17) is 17.3 Å². The van der Waals surface area contributed by atoms with Crippen molar-refractivity contribution in [3.05, 3.63) is 47.5 Å². The first-order valence-electron chi connectivity index (χ1n) is 5.92. The van der Waals surface area contributed by atoms with Gasteiger partial charge in [-0.25, -0.2) is 14.4 Å². The van der Waals surface area contributed by atoms with Crippen LogP contribution in [0.25, 0.3) is 0 Å². The van der Waals surface area contributed by atoms with E-state index in [2.05, 4.69) is 9.97 Å². The number of nitrogens with zero attached hydrogens (tertiary/aromatic N) is 3. The second-order valence-corrected chi connectivity index (χ2v) is 4.38. The highest BCUT2D eigenvalue weighted by molar-refractivity contribution is 6.30. The van der Waals surface area contributed by atoms with Gasteiger partial charge in [0.05, 0.1) is 23.1 Å². The summed E-state index contributed by atoms with van der Waals surface area (Å²) in [7, 11) is 0. The van der Waals surface area contributed by atoms with E-state index in [1.807, 2.05) is 0 Å². The Bertz CT molecular complexity index is 532. The molecule has 1 heterocycles. The first-order valence-corrected chi connectivity index (χ1v) is 6.30. The van der Waals surface area contributed by atoms with Gasteiger partial charge in [0, 0.05) is 6.54 Å². The normalized spacial score (nSPS) is 10.5. The molecule has 0 fully saturated rings. The van der Waals surface area contributed by atoms with Crippen LogP contribution in [-0.4, -0.2) is 23.1 Å². The SMILES string of the molecule is NCCCN(c1ncc(Cl)cn1)c1ccccc1F. The highest BCUT2D eigenvalue weighted by Gasteiger charge is 2.15. The van der Waals surface area contributed by atoms with Crippen molar-refractivity contribution >= 4 is 23.2 Å². The van der Waals surface area contributed by atoms with Crippen LogP contribution >= 0.6 is 11.6 Å². The number of hydrogen-bond donors (Lipinski definition) is 1. The molecule has 0 aliphatic carbocycles. The summed E-state index contributed by atoms with van der Waals surface area (Å²) in [6.45, 7) is 1.05. The second kappa shape index (κ2) is 6.45. The van der Waals surface area contributed by atoms with Crippen molar-refractivity contribution in [2.45, 2.75) is 6.42 Å². The fraction of sp³-hybridized carbons (Fsp3) is 0.231. The van der Waals surface area contributed by atoms with E-state index in [0.717, 1.165) is 0 Å². The first kappa shape index (κ1) is 13.7. The molecule has 0 radical (unpaired) electrons. The van der Waals surface area contributed by atoms with Gasteiger partial charge in [0.2, 0.25) is 5.95 Å². The zero-order chi connectivity index (χ0) is 13.7. The van der Waals surface area contributed by atoms with Crippen molar-refractivity contribution in [3.8, 4) is 0 Å². The first-order chi connectivity index (χ1) is 9.22. The second-order valence-electron chi connectivity index (χ2n) is 3.95. The summed E-state index contributed by atoms with van der Waals surface area (Å²) in [5.74, 6) is 0.0843. The van der Waals surface area contributed by atoms with Crippen LogP contribution in [0.1, 0.15) is 6.42 Å². The lowest BCUT2D eigenvalue weighted by molar-refractivity contribution is 0.622. The van der Waals surface area contributed by atoms with Gasteiger partial charge in [-0.2, -0.15) is 0 Å². The zero-order valence-electron chi connectivity index (χ0n) is 10.3. The third kappa shape index (κ3) is 3.39. The van der Waals surface area contributed by atoms with Crippen LogP contribution in [0.2, 0.25) is 5.02 Å². The van der Waals surface area contributed by atoms with Crippen molar-refractivity contribution < 1.29 is 4.39 Å². The van der Waals surface area contributed by atoms with Crippen LogP contribution in [0.15, 0.2) is 36.7 Å². The molecule has 19 heavy (non-hydrogen) atoms. The highest BCUT2D eigenvalue weighted by atomic mass is 35.5. The van der Waals surface area contributed by atoms with Gasteiger partial charge in [-0.1, -0.05) is 23.7 Å². The summed E-state index contributed by atoms with van der Waals surface area (Å²) in [5, 5.41) is 0.441. The minimum Gasteiger partial charge on any atom is -0.330 e. The average Bonchev–Trinajstić information content (AvgIpc) is 2.43. The molecule has 1 aromatic heterocycles. The molecule has 0 unspecified atom stereocenters. The molecule has 0 spiro atoms. The Morgan fingerprint density at radius 2 is 1.89 bits per heavy atom. The van der Waals surface area contributed by atoms with Crippen LogP contribution in [0.3, 0.4) is 0 Å². The number of anilines is 2. The molecule has 2 N–H and O–H groups in total. The quantitative estimate of drug-likeness (QED) is 0.915. The maximum atomic E-state index is 13.9. The lowest BCUT2D eigenvalue weighted by Gasteiger charge is -2.22. The van der Waals surface area contributed by atoms with Crippen LogP contribution in [0.4, 0.5) is 16.0 Å². The minimum absolute atomic E-state index is 0.321. The van der Waals surface area contributed by atoms with Gasteiger partial charge in [-0.05, 0) is 25.1 Å². The summed E-state index contributed by atoms with van der Waals surface area (Å²) in [5.41, 5.74) is 5.94. The summed E-state index contributed by atoms with van der Waals surface area (Å²) < 4.78 is 13.9. The van der Waals surface area contributed by atoms with E-state index in [0.29, 0.717) is 36.2 Å². The number of hydrogen-bond acceptors (Lipinski definition) is 4. The summed E-state index contributed by atoms with van der Waals surface area (Å²) in [6.07, 6.45) is 3.68. The van der Waals surface area contributed by atoms with E-state index >= 15 is 0 Å². The third-order valence-electron chi connectivity index (χ3n) is 2.58. The Hall–Kier alpha value is -1.72. The molecule has 100 valence electrons. The van der Waals surface area contributed by atoms with Gasteiger partial charge in [0.15, 0.2) is 0 Å². The summed E-state index contributed by atoms with van der Waals surface area (Å²) >= 11 is 5.76. The third-order valence-corrected chi connectivity index (χ3v) is 2.77. The molecule has 0 bridgehead atoms. The molecule has 1 aromatic carbocycles. The maximum absolute atomic E-state index is 13.9. The van der Waals surface area contributed by atoms with E-state index in [-0.39, 0.29) is 5.82 Å². The van der Waals surface area contributed by atoms with Gasteiger partial charge in [0.25, 0.3) is 0 Å². The van der Waals surface area contributed by atoms with Gasteiger partial charge >= 0.3 is 0 Å². The number of para-hydroxylation sites is 1. The average molecular weight is 281 g/mol. The Balaban J connectivity index is 2.35. The summed E-state index contributed by atoms with van der Waals surface area (Å²) in [6, 6.07) is 6.50. The van der Waals surface area contributed by atoms with Gasteiger partial charge in [-0.15, -0.1) is 0 Å². The molecule has 4 nitrogen and oxygen atoms in total. The number of rotatable bonds is 5. The van der Waals surface area contributed by atoms with Crippen molar-refractivity contribution in [1.29, 1.82) is 0 Å². The van der Waals surface area contributed by atoms with Crippen molar-refractivity contribution in [1.82, 2.24) is 9.97 Å². The Morgan fingerprint density at radius 1 is 1.21 bits per heavy atom. The van der Waals surface area contributed by atoms with Crippen LogP contribution < -0.4 is 10.6 Å². The van der Waals surface area contributed by atoms with Crippen LogP contribution in [-0.2, 0) is 0 Å². The van der Waals surface area contributed by atoms with Crippen molar-refractivity contribution in [2.75, 3.05) is 18.0 Å². The molecule has 0 atom stereocenters. The Morgan fingerprint density at radius 3 is 2.53 bits per heavy atom. The molecule has 0 saturated carbocycles. The van der Waals surface area contributed by atoms with Crippen LogP contribution in [0, 0.1) is 5.82 Å². The van der Waals surface area contributed by atoms with E-state index < -0.39 is 0 Å². The largest absolute Gasteiger partial charge is 0.330 e. The molecular weight excluding hydrogens is 267 g/mol. The zero-order valence-corrected chi connectivity index (χ0v) is 11.0. The smallest absolute Gasteiger partial charge is 0.229 e. The number of benzene rings is 1. The molecule has 0 aliphatic heterocycles. The van der Waals surface area contributed by atoms with E-state index in [1.165, 1.54) is 18.5 Å². The molecular formula is C13H14ClFN4. The lowest BCUT2D eigenvalue weighted by Crippen LogP contribution is -2.23. The number of aromatic nitrogens is 2. The van der Waals surface area contributed by atoms with Crippen LogP contribution in [0.5, 0.6) is 0 Å². The van der Waals surface area contributed by atoms with Gasteiger partial charge in [0.1, 0.15) is 5.82 Å². The molecule has 6 heteroatoms. The highest BCUT2D eigenvalue weighted by Crippen LogP contribution is 2.25. The standard InChI is InChI=1S/C13H14ClFN4/c14-10-8-17-13(18-9-10)19(7-3-6-16)12-5-2-1-4-11(12)15/h1-2,4-5,8-9H,3,6-7,16H2. The fourth-order valence-corrected chi connectivity index (χ4v) is 1.79. The lowest BCUT2D eigenvalue weighted by atomic mass is 10.2. The number of halogens is 2. The van der Waals surface area contributed by atoms with E-state index in [9.17, 15) is 4.39 Å². The fourth-order valence-electron chi connectivity index (χ4n) is 1.69. The predicted octanol–water partition coefficient (Wildman–Crippen LogP) is 2.76. The molecule has 0 amide bonds. The predicted molar refractivity (Wildman–Crippen MR) is 74.1 cm³/mol. The Labute approximate surface area is 116 Å². The van der Waals surface area contributed by atoms with Gasteiger partial charge < -0.3 is 10.6 Å². The molecule has 0 aliphatic rings. The Kier molecular flexibility index (Phi) is 4.65. The summed E-state index contributed by atoms with van der Waals surface area (Å²) in [4.78, 5) is 9.94. The molecule has 2 aromatic rings. The molecule has 2 rings (SSSR count). The minimum atomic E-state index is -0.321. The van der Waals surface area contributed by atoms with Gasteiger partial charge in [-0.3, -0.25) is 0 Å².